The van der Waals surface area contributed by atoms with Gasteiger partial charge in [-0.1, -0.05) is 0 Å². The van der Waals surface area contributed by atoms with Gasteiger partial charge in [-0.25, -0.2) is 0 Å². The molecule has 0 spiro atoms. The highest BCUT2D eigenvalue weighted by atomic mass is 16.3. The molecule has 0 amide bonds. The SMILES string of the molecule is CN1CCCC(CCN(C)C(CO)CO)C1. The van der Waals surface area contributed by atoms with Crippen LogP contribution in [0.15, 0.2) is 0 Å². The van der Waals surface area contributed by atoms with Crippen molar-refractivity contribution < 1.29 is 10.2 Å². The molecule has 0 bridgehead atoms. The fourth-order valence-electron chi connectivity index (χ4n) is 2.41. The first-order chi connectivity index (χ1) is 7.67. The van der Waals surface area contributed by atoms with Gasteiger partial charge in [0, 0.05) is 6.54 Å². The summed E-state index contributed by atoms with van der Waals surface area (Å²) in [5, 5.41) is 18.1. The number of likely N-dealkylation sites (tertiary alicyclic amines) is 1. The Balaban J connectivity index is 2.22. The van der Waals surface area contributed by atoms with Crippen molar-refractivity contribution in [2.24, 2.45) is 5.92 Å². The summed E-state index contributed by atoms with van der Waals surface area (Å²) >= 11 is 0. The lowest BCUT2D eigenvalue weighted by molar-refractivity contribution is 0.0833. The molecule has 1 atom stereocenters. The molecule has 4 heteroatoms. The maximum Gasteiger partial charge on any atom is 0.0609 e. The van der Waals surface area contributed by atoms with E-state index in [-0.39, 0.29) is 19.3 Å². The molecule has 1 saturated heterocycles. The van der Waals surface area contributed by atoms with Gasteiger partial charge in [-0.15, -0.1) is 0 Å². The molecule has 0 aliphatic carbocycles. The van der Waals surface area contributed by atoms with Gasteiger partial charge in [0.25, 0.3) is 0 Å². The van der Waals surface area contributed by atoms with Crippen LogP contribution in [0.4, 0.5) is 0 Å². The molecule has 16 heavy (non-hydrogen) atoms. The van der Waals surface area contributed by atoms with Gasteiger partial charge >= 0.3 is 0 Å². The van der Waals surface area contributed by atoms with Crippen molar-refractivity contribution in [3.8, 4) is 0 Å². The lowest BCUT2D eigenvalue weighted by Crippen LogP contribution is -2.40. The summed E-state index contributed by atoms with van der Waals surface area (Å²) in [6.07, 6.45) is 3.78. The minimum Gasteiger partial charge on any atom is -0.395 e. The second-order valence-corrected chi connectivity index (χ2v) is 5.06. The Morgan fingerprint density at radius 3 is 2.62 bits per heavy atom. The molecule has 0 saturated carbocycles. The molecular formula is C12H26N2O2. The van der Waals surface area contributed by atoms with Crippen LogP contribution in [0.2, 0.25) is 0 Å². The summed E-state index contributed by atoms with van der Waals surface area (Å²) < 4.78 is 0. The predicted molar refractivity (Wildman–Crippen MR) is 65.4 cm³/mol. The van der Waals surface area contributed by atoms with Gasteiger partial charge < -0.3 is 15.1 Å². The van der Waals surface area contributed by atoms with Crippen LogP contribution in [-0.4, -0.2) is 73.0 Å². The van der Waals surface area contributed by atoms with Crippen LogP contribution in [0.3, 0.4) is 0 Å². The van der Waals surface area contributed by atoms with Crippen molar-refractivity contribution in [1.82, 2.24) is 9.80 Å². The number of piperidine rings is 1. The third-order valence-electron chi connectivity index (χ3n) is 3.66. The minimum absolute atomic E-state index is 0.0393. The highest BCUT2D eigenvalue weighted by Crippen LogP contribution is 2.18. The smallest absolute Gasteiger partial charge is 0.0609 e. The van der Waals surface area contributed by atoms with E-state index in [2.05, 4.69) is 16.8 Å². The van der Waals surface area contributed by atoms with Crippen molar-refractivity contribution in [3.05, 3.63) is 0 Å². The van der Waals surface area contributed by atoms with E-state index in [1.807, 2.05) is 7.05 Å². The number of likely N-dealkylation sites (N-methyl/N-ethyl adjacent to an activating group) is 1. The molecule has 1 fully saturated rings. The second-order valence-electron chi connectivity index (χ2n) is 5.06. The Morgan fingerprint density at radius 2 is 2.06 bits per heavy atom. The topological polar surface area (TPSA) is 46.9 Å². The van der Waals surface area contributed by atoms with Crippen molar-refractivity contribution in [2.45, 2.75) is 25.3 Å². The summed E-state index contributed by atoms with van der Waals surface area (Å²) in [5.74, 6) is 0.777. The van der Waals surface area contributed by atoms with Crippen LogP contribution >= 0.6 is 0 Å². The average molecular weight is 230 g/mol. The van der Waals surface area contributed by atoms with E-state index in [0.29, 0.717) is 0 Å². The van der Waals surface area contributed by atoms with E-state index in [0.717, 1.165) is 18.9 Å². The largest absolute Gasteiger partial charge is 0.395 e. The number of nitrogens with zero attached hydrogens (tertiary/aromatic N) is 2. The third-order valence-corrected chi connectivity index (χ3v) is 3.66. The second kappa shape index (κ2) is 7.22. The molecule has 1 unspecified atom stereocenters. The van der Waals surface area contributed by atoms with Gasteiger partial charge in [0.15, 0.2) is 0 Å². The maximum absolute atomic E-state index is 9.07. The van der Waals surface area contributed by atoms with Crippen molar-refractivity contribution in [3.63, 3.8) is 0 Å². The van der Waals surface area contributed by atoms with Crippen molar-refractivity contribution >= 4 is 0 Å². The minimum atomic E-state index is -0.0960. The van der Waals surface area contributed by atoms with E-state index in [1.54, 1.807) is 0 Å². The van der Waals surface area contributed by atoms with Crippen LogP contribution in [0, 0.1) is 5.92 Å². The number of hydrogen-bond acceptors (Lipinski definition) is 4. The molecule has 1 rings (SSSR count). The number of hydrogen-bond donors (Lipinski definition) is 2. The normalized spacial score (nSPS) is 23.2. The molecule has 0 aromatic heterocycles. The standard InChI is InChI=1S/C12H26N2O2/c1-13-6-3-4-11(8-13)5-7-14(2)12(9-15)10-16/h11-12,15-16H,3-10H2,1-2H3. The lowest BCUT2D eigenvalue weighted by atomic mass is 9.95. The Labute approximate surface area is 98.9 Å². The molecular weight excluding hydrogens is 204 g/mol. The highest BCUT2D eigenvalue weighted by molar-refractivity contribution is 4.73. The zero-order valence-corrected chi connectivity index (χ0v) is 10.6. The number of aliphatic hydroxyl groups excluding tert-OH is 2. The highest BCUT2D eigenvalue weighted by Gasteiger charge is 2.19. The molecule has 1 aliphatic rings. The Morgan fingerprint density at radius 1 is 1.38 bits per heavy atom. The maximum atomic E-state index is 9.07. The van der Waals surface area contributed by atoms with Gasteiger partial charge in [0.05, 0.1) is 19.3 Å². The monoisotopic (exact) mass is 230 g/mol. The van der Waals surface area contributed by atoms with Crippen LogP contribution in [0.5, 0.6) is 0 Å². The molecule has 0 aromatic carbocycles. The fraction of sp³-hybridized carbons (Fsp3) is 1.00. The lowest BCUT2D eigenvalue weighted by Gasteiger charge is -2.32. The summed E-state index contributed by atoms with van der Waals surface area (Å²) in [4.78, 5) is 4.46. The summed E-state index contributed by atoms with van der Waals surface area (Å²) in [5.41, 5.74) is 0. The molecule has 1 aliphatic heterocycles. The zero-order valence-electron chi connectivity index (χ0n) is 10.6. The van der Waals surface area contributed by atoms with E-state index >= 15 is 0 Å². The quantitative estimate of drug-likeness (QED) is 0.674. The molecule has 1 heterocycles. The van der Waals surface area contributed by atoms with Gasteiger partial charge in [-0.2, -0.15) is 0 Å². The van der Waals surface area contributed by atoms with Gasteiger partial charge in [0.1, 0.15) is 0 Å². The molecule has 2 N–H and O–H groups in total. The van der Waals surface area contributed by atoms with Gasteiger partial charge in [0.2, 0.25) is 0 Å². The fourth-order valence-corrected chi connectivity index (χ4v) is 2.41. The Kier molecular flexibility index (Phi) is 6.28. The van der Waals surface area contributed by atoms with Crippen LogP contribution in [-0.2, 0) is 0 Å². The first-order valence-corrected chi connectivity index (χ1v) is 6.28. The third kappa shape index (κ3) is 4.37. The van der Waals surface area contributed by atoms with Crippen LogP contribution in [0.1, 0.15) is 19.3 Å². The predicted octanol–water partition coefficient (Wildman–Crippen LogP) is 0.00330. The molecule has 0 radical (unpaired) electrons. The number of rotatable bonds is 6. The first-order valence-electron chi connectivity index (χ1n) is 6.28. The van der Waals surface area contributed by atoms with E-state index in [1.165, 1.54) is 25.9 Å². The van der Waals surface area contributed by atoms with Crippen LogP contribution in [0.25, 0.3) is 0 Å². The van der Waals surface area contributed by atoms with Crippen molar-refractivity contribution in [1.29, 1.82) is 0 Å². The molecule has 4 nitrogen and oxygen atoms in total. The van der Waals surface area contributed by atoms with E-state index in [9.17, 15) is 0 Å². The average Bonchev–Trinajstić information content (AvgIpc) is 2.28. The molecule has 0 aromatic rings. The van der Waals surface area contributed by atoms with Crippen molar-refractivity contribution in [2.75, 3.05) is 46.9 Å². The summed E-state index contributed by atoms with van der Waals surface area (Å²) in [6, 6.07) is -0.0960. The van der Waals surface area contributed by atoms with E-state index < -0.39 is 0 Å². The number of aliphatic hydroxyl groups is 2. The Hall–Kier alpha value is -0.160. The van der Waals surface area contributed by atoms with Gasteiger partial charge in [-0.05, 0) is 52.4 Å². The van der Waals surface area contributed by atoms with Gasteiger partial charge in [-0.3, -0.25) is 4.90 Å². The van der Waals surface area contributed by atoms with E-state index in [4.69, 9.17) is 10.2 Å². The zero-order chi connectivity index (χ0) is 12.0. The summed E-state index contributed by atoms with van der Waals surface area (Å²) in [6.45, 7) is 3.46. The van der Waals surface area contributed by atoms with Crippen LogP contribution < -0.4 is 0 Å². The summed E-state index contributed by atoms with van der Waals surface area (Å²) in [7, 11) is 4.16. The molecule has 96 valence electrons. The Bertz CT molecular complexity index is 184. The first kappa shape index (κ1) is 13.9.